The Kier molecular flexibility index (Phi) is 11.2. The lowest BCUT2D eigenvalue weighted by Crippen LogP contribution is -2.47. The molecule has 206 valence electrons. The Hall–Kier alpha value is -3.79. The Morgan fingerprint density at radius 1 is 0.921 bits per heavy atom. The van der Waals surface area contributed by atoms with Crippen molar-refractivity contribution in [1.82, 2.24) is 5.32 Å². The second-order valence-corrected chi connectivity index (χ2v) is 8.83. The maximum absolute atomic E-state index is 13.2. The van der Waals surface area contributed by atoms with Gasteiger partial charge in [0.05, 0.1) is 31.4 Å². The van der Waals surface area contributed by atoms with Crippen molar-refractivity contribution in [3.63, 3.8) is 0 Å². The number of nitrogens with zero attached hydrogens (tertiary/aromatic N) is 2. The first-order valence-corrected chi connectivity index (χ1v) is 13.0. The Morgan fingerprint density at radius 3 is 2.32 bits per heavy atom. The van der Waals surface area contributed by atoms with Gasteiger partial charge in [-0.25, -0.2) is 0 Å². The van der Waals surface area contributed by atoms with Crippen molar-refractivity contribution in [2.45, 2.75) is 26.2 Å². The van der Waals surface area contributed by atoms with E-state index in [1.807, 2.05) is 30.3 Å². The van der Waals surface area contributed by atoms with Crippen LogP contribution < -0.4 is 25.2 Å². The molecule has 3 rings (SSSR count). The van der Waals surface area contributed by atoms with E-state index in [4.69, 9.17) is 14.2 Å². The van der Waals surface area contributed by atoms with Crippen LogP contribution in [-0.4, -0.2) is 77.9 Å². The molecule has 2 aromatic rings. The summed E-state index contributed by atoms with van der Waals surface area (Å²) < 4.78 is 15.5. The topological polar surface area (TPSA) is 109 Å². The average Bonchev–Trinajstić information content (AvgIpc) is 2.94. The van der Waals surface area contributed by atoms with Gasteiger partial charge < -0.3 is 34.6 Å². The van der Waals surface area contributed by atoms with E-state index in [1.165, 1.54) is 0 Å². The summed E-state index contributed by atoms with van der Waals surface area (Å²) in [6.07, 6.45) is 0.699. The minimum atomic E-state index is -0.415. The number of ether oxygens (including phenoxy) is 3. The van der Waals surface area contributed by atoms with Crippen molar-refractivity contribution < 1.29 is 28.6 Å². The second-order valence-electron chi connectivity index (χ2n) is 8.83. The van der Waals surface area contributed by atoms with Crippen molar-refractivity contribution >= 4 is 34.8 Å². The molecule has 0 bridgehead atoms. The largest absolute Gasteiger partial charge is 0.495 e. The van der Waals surface area contributed by atoms with Crippen molar-refractivity contribution in [3.05, 3.63) is 48.0 Å². The van der Waals surface area contributed by atoms with Gasteiger partial charge in [-0.2, -0.15) is 0 Å². The molecule has 1 heterocycles. The summed E-state index contributed by atoms with van der Waals surface area (Å²) in [7, 11) is 3.29. The summed E-state index contributed by atoms with van der Waals surface area (Å²) in [5.41, 5.74) is 2.83. The van der Waals surface area contributed by atoms with E-state index >= 15 is 0 Å². The molecule has 2 aromatic carbocycles. The highest BCUT2D eigenvalue weighted by molar-refractivity contribution is 6.02. The molecule has 0 saturated carbocycles. The number of carbonyl (C=O) groups is 3. The normalized spacial score (nSPS) is 13.1. The quantitative estimate of drug-likeness (QED) is 0.303. The van der Waals surface area contributed by atoms with E-state index < -0.39 is 5.97 Å². The van der Waals surface area contributed by atoms with E-state index in [-0.39, 0.29) is 31.3 Å². The van der Waals surface area contributed by atoms with Crippen LogP contribution in [0.4, 0.5) is 17.1 Å². The number of para-hydroxylation sites is 2. The number of methoxy groups -OCH3 is 2. The molecular weight excluding hydrogens is 488 g/mol. The molecule has 0 atom stereocenters. The van der Waals surface area contributed by atoms with Crippen LogP contribution in [0.3, 0.4) is 0 Å². The fourth-order valence-corrected chi connectivity index (χ4v) is 4.34. The lowest BCUT2D eigenvalue weighted by molar-refractivity contribution is -0.144. The summed E-state index contributed by atoms with van der Waals surface area (Å²) in [6.45, 7) is 5.99. The van der Waals surface area contributed by atoms with E-state index in [0.717, 1.165) is 30.2 Å². The van der Waals surface area contributed by atoms with Gasteiger partial charge in [0.2, 0.25) is 5.91 Å². The van der Waals surface area contributed by atoms with E-state index in [9.17, 15) is 14.4 Å². The van der Waals surface area contributed by atoms with Crippen LogP contribution in [0.15, 0.2) is 42.5 Å². The molecule has 2 amide bonds. The number of hydrogen-bond donors (Lipinski definition) is 2. The lowest BCUT2D eigenvalue weighted by Gasteiger charge is -2.38. The number of esters is 1. The Morgan fingerprint density at radius 2 is 1.63 bits per heavy atom. The number of carbonyl (C=O) groups excluding carboxylic acids is 3. The smallest absolute Gasteiger partial charge is 0.306 e. The molecule has 0 radical (unpaired) electrons. The molecule has 1 fully saturated rings. The molecule has 1 saturated heterocycles. The zero-order valence-electron chi connectivity index (χ0n) is 22.5. The van der Waals surface area contributed by atoms with Gasteiger partial charge in [0.15, 0.2) is 0 Å². The Bertz CT molecular complexity index is 1080. The summed E-state index contributed by atoms with van der Waals surface area (Å²) in [5, 5.41) is 5.75. The number of piperazine rings is 1. The zero-order chi connectivity index (χ0) is 27.3. The van der Waals surface area contributed by atoms with Crippen molar-refractivity contribution in [3.8, 4) is 5.75 Å². The van der Waals surface area contributed by atoms with Crippen molar-refractivity contribution in [2.75, 3.05) is 75.3 Å². The number of benzene rings is 2. The van der Waals surface area contributed by atoms with Crippen LogP contribution in [0.5, 0.6) is 5.75 Å². The standard InChI is InChI=1S/C28H38N4O6/c1-4-38-27(34)13-12-26(33)30-21-10-11-23(22(20-21)28(35)29-14-7-19-36-2)31-15-17-32(18-16-31)24-8-5-6-9-25(24)37-3/h5-6,8-11,20H,4,7,12-19H2,1-3H3,(H,29,35)(H,30,33). The summed E-state index contributed by atoms with van der Waals surface area (Å²) in [6, 6.07) is 13.3. The third-order valence-electron chi connectivity index (χ3n) is 6.24. The van der Waals surface area contributed by atoms with Gasteiger partial charge >= 0.3 is 5.97 Å². The summed E-state index contributed by atoms with van der Waals surface area (Å²) in [4.78, 5) is 41.6. The molecule has 10 heteroatoms. The number of anilines is 3. The predicted molar refractivity (Wildman–Crippen MR) is 147 cm³/mol. The maximum atomic E-state index is 13.2. The fourth-order valence-electron chi connectivity index (χ4n) is 4.34. The SMILES string of the molecule is CCOC(=O)CCC(=O)Nc1ccc(N2CCN(c3ccccc3OC)CC2)c(C(=O)NCCCOC)c1. The molecule has 38 heavy (non-hydrogen) atoms. The molecule has 0 aliphatic carbocycles. The number of rotatable bonds is 13. The van der Waals surface area contributed by atoms with E-state index in [2.05, 4.69) is 20.4 Å². The molecule has 0 aromatic heterocycles. The van der Waals surface area contributed by atoms with Gasteiger partial charge in [-0.3, -0.25) is 14.4 Å². The Labute approximate surface area is 224 Å². The second kappa shape index (κ2) is 14.8. The zero-order valence-corrected chi connectivity index (χ0v) is 22.5. The third kappa shape index (κ3) is 8.11. The van der Waals surface area contributed by atoms with Crippen LogP contribution in [0, 0.1) is 0 Å². The number of nitrogens with one attached hydrogen (secondary N) is 2. The molecule has 1 aliphatic rings. The van der Waals surface area contributed by atoms with Crippen LogP contribution in [0.2, 0.25) is 0 Å². The average molecular weight is 527 g/mol. The lowest BCUT2D eigenvalue weighted by atomic mass is 10.1. The van der Waals surface area contributed by atoms with Crippen molar-refractivity contribution in [2.24, 2.45) is 0 Å². The van der Waals surface area contributed by atoms with Crippen LogP contribution in [0.25, 0.3) is 0 Å². The predicted octanol–water partition coefficient (Wildman–Crippen LogP) is 3.07. The van der Waals surface area contributed by atoms with Crippen LogP contribution >= 0.6 is 0 Å². The van der Waals surface area contributed by atoms with E-state index in [1.54, 1.807) is 33.3 Å². The molecule has 1 aliphatic heterocycles. The van der Waals surface area contributed by atoms with Crippen molar-refractivity contribution in [1.29, 1.82) is 0 Å². The van der Waals surface area contributed by atoms with Gasteiger partial charge in [0.1, 0.15) is 5.75 Å². The summed E-state index contributed by atoms with van der Waals surface area (Å²) in [5.74, 6) is -0.116. The molecular formula is C28H38N4O6. The maximum Gasteiger partial charge on any atom is 0.306 e. The van der Waals surface area contributed by atoms with Gasteiger partial charge in [-0.1, -0.05) is 12.1 Å². The van der Waals surface area contributed by atoms with Gasteiger partial charge in [-0.05, 0) is 43.7 Å². The molecule has 0 spiro atoms. The molecule has 10 nitrogen and oxygen atoms in total. The number of amides is 2. The monoisotopic (exact) mass is 526 g/mol. The first-order chi connectivity index (χ1) is 18.5. The number of hydrogen-bond acceptors (Lipinski definition) is 8. The summed E-state index contributed by atoms with van der Waals surface area (Å²) >= 11 is 0. The molecule has 0 unspecified atom stereocenters. The van der Waals surface area contributed by atoms with Gasteiger partial charge in [0.25, 0.3) is 5.91 Å². The first kappa shape index (κ1) is 28.8. The van der Waals surface area contributed by atoms with Gasteiger partial charge in [0, 0.05) is 64.2 Å². The highest BCUT2D eigenvalue weighted by Gasteiger charge is 2.24. The third-order valence-corrected chi connectivity index (χ3v) is 6.24. The van der Waals surface area contributed by atoms with Gasteiger partial charge in [-0.15, -0.1) is 0 Å². The molecule has 2 N–H and O–H groups in total. The first-order valence-electron chi connectivity index (χ1n) is 13.0. The van der Waals surface area contributed by atoms with Crippen LogP contribution in [-0.2, 0) is 19.1 Å². The minimum absolute atomic E-state index is 0.00107. The van der Waals surface area contributed by atoms with Crippen LogP contribution in [0.1, 0.15) is 36.5 Å². The highest BCUT2D eigenvalue weighted by Crippen LogP contribution is 2.31. The minimum Gasteiger partial charge on any atom is -0.495 e. The fraction of sp³-hybridized carbons (Fsp3) is 0.464. The van der Waals surface area contributed by atoms with E-state index in [0.29, 0.717) is 43.9 Å². The Balaban J connectivity index is 1.73. The highest BCUT2D eigenvalue weighted by atomic mass is 16.5.